The molecule has 0 saturated carbocycles. The summed E-state index contributed by atoms with van der Waals surface area (Å²) in [5.74, 6) is 0.317. The van der Waals surface area contributed by atoms with Crippen LogP contribution in [0.1, 0.15) is 43.7 Å². The summed E-state index contributed by atoms with van der Waals surface area (Å²) >= 11 is 0. The number of carbonyl (C=O) groups is 1. The van der Waals surface area contributed by atoms with E-state index < -0.39 is 0 Å². The number of carbonyl (C=O) groups excluding carboxylic acids is 1. The Morgan fingerprint density at radius 3 is 2.61 bits per heavy atom. The smallest absolute Gasteiger partial charge is 0.295 e. The second-order valence-electron chi connectivity index (χ2n) is 5.23. The second kappa shape index (κ2) is 5.95. The molecule has 1 rings (SSSR count). The first-order valence-electron chi connectivity index (χ1n) is 6.19. The summed E-state index contributed by atoms with van der Waals surface area (Å²) < 4.78 is 4.84. The molecule has 0 aliphatic rings. The second-order valence-corrected chi connectivity index (χ2v) is 5.23. The van der Waals surface area contributed by atoms with Crippen LogP contribution in [0.25, 0.3) is 0 Å². The topological polar surface area (TPSA) is 85.2 Å². The summed E-state index contributed by atoms with van der Waals surface area (Å²) in [6.07, 6.45) is 0.878. The van der Waals surface area contributed by atoms with Crippen LogP contribution in [0.5, 0.6) is 0 Å². The van der Waals surface area contributed by atoms with Crippen LogP contribution >= 0.6 is 0 Å². The molecule has 1 heterocycles. The number of nitrogens with two attached hydrogens (primary N) is 1. The van der Waals surface area contributed by atoms with Gasteiger partial charge in [-0.3, -0.25) is 4.79 Å². The molecule has 1 amide bonds. The molecule has 0 radical (unpaired) electrons. The molecule has 102 valence electrons. The van der Waals surface area contributed by atoms with Crippen LogP contribution in [0.2, 0.25) is 0 Å². The minimum absolute atomic E-state index is 0.119. The monoisotopic (exact) mass is 254 g/mol. The van der Waals surface area contributed by atoms with E-state index in [2.05, 4.69) is 10.1 Å². The summed E-state index contributed by atoms with van der Waals surface area (Å²) in [5.41, 5.74) is 5.58. The highest BCUT2D eigenvalue weighted by molar-refractivity contribution is 5.90. The average molecular weight is 254 g/mol. The molecule has 0 aromatic carbocycles. The SMILES string of the molecule is CCCN(CC(C)(C)CN)C(=O)c1noc(C)n1. The van der Waals surface area contributed by atoms with Crippen molar-refractivity contribution in [1.82, 2.24) is 15.0 Å². The minimum atomic E-state index is -0.199. The van der Waals surface area contributed by atoms with Crippen molar-refractivity contribution in [3.63, 3.8) is 0 Å². The lowest BCUT2D eigenvalue weighted by molar-refractivity contribution is 0.0674. The van der Waals surface area contributed by atoms with Gasteiger partial charge in [-0.15, -0.1) is 0 Å². The highest BCUT2D eigenvalue weighted by Crippen LogP contribution is 2.16. The molecule has 0 aliphatic carbocycles. The van der Waals surface area contributed by atoms with E-state index in [4.69, 9.17) is 10.3 Å². The normalized spacial score (nSPS) is 11.6. The first-order chi connectivity index (χ1) is 8.39. The fraction of sp³-hybridized carbons (Fsp3) is 0.750. The van der Waals surface area contributed by atoms with Gasteiger partial charge in [0.2, 0.25) is 5.89 Å². The highest BCUT2D eigenvalue weighted by Gasteiger charge is 2.26. The Bertz CT molecular complexity index is 401. The first-order valence-corrected chi connectivity index (χ1v) is 6.19. The summed E-state index contributed by atoms with van der Waals surface area (Å²) in [6, 6.07) is 0. The largest absolute Gasteiger partial charge is 0.339 e. The Morgan fingerprint density at radius 2 is 2.17 bits per heavy atom. The number of rotatable bonds is 6. The molecule has 2 N–H and O–H groups in total. The predicted octanol–water partition coefficient (Wildman–Crippen LogP) is 1.22. The van der Waals surface area contributed by atoms with Crippen molar-refractivity contribution in [3.05, 3.63) is 11.7 Å². The van der Waals surface area contributed by atoms with E-state index in [1.165, 1.54) is 0 Å². The molecule has 0 fully saturated rings. The van der Waals surface area contributed by atoms with Gasteiger partial charge in [0.05, 0.1) is 0 Å². The van der Waals surface area contributed by atoms with Crippen LogP contribution in [0.15, 0.2) is 4.52 Å². The fourth-order valence-electron chi connectivity index (χ4n) is 1.63. The van der Waals surface area contributed by atoms with Gasteiger partial charge < -0.3 is 15.2 Å². The summed E-state index contributed by atoms with van der Waals surface area (Å²) in [6.45, 7) is 9.52. The lowest BCUT2D eigenvalue weighted by Gasteiger charge is -2.30. The maximum atomic E-state index is 12.2. The van der Waals surface area contributed by atoms with E-state index in [1.807, 2.05) is 20.8 Å². The van der Waals surface area contributed by atoms with Crippen molar-refractivity contribution in [3.8, 4) is 0 Å². The van der Waals surface area contributed by atoms with Gasteiger partial charge >= 0.3 is 0 Å². The molecule has 0 unspecified atom stereocenters. The summed E-state index contributed by atoms with van der Waals surface area (Å²) in [4.78, 5) is 17.9. The van der Waals surface area contributed by atoms with Gasteiger partial charge in [0.15, 0.2) is 0 Å². The van der Waals surface area contributed by atoms with E-state index in [0.717, 1.165) is 6.42 Å². The average Bonchev–Trinajstić information content (AvgIpc) is 2.74. The van der Waals surface area contributed by atoms with E-state index in [0.29, 0.717) is 25.5 Å². The van der Waals surface area contributed by atoms with Gasteiger partial charge in [-0.2, -0.15) is 4.98 Å². The molecule has 0 atom stereocenters. The standard InChI is InChI=1S/C12H22N4O2/c1-5-6-16(8-12(3,4)7-13)11(17)10-14-9(2)18-15-10/h5-8,13H2,1-4H3. The van der Waals surface area contributed by atoms with Crippen LogP contribution in [-0.4, -0.2) is 40.6 Å². The molecule has 0 bridgehead atoms. The molecular weight excluding hydrogens is 232 g/mol. The van der Waals surface area contributed by atoms with Crippen molar-refractivity contribution in [2.75, 3.05) is 19.6 Å². The minimum Gasteiger partial charge on any atom is -0.339 e. The molecule has 6 nitrogen and oxygen atoms in total. The highest BCUT2D eigenvalue weighted by atomic mass is 16.5. The number of hydrogen-bond acceptors (Lipinski definition) is 5. The lowest BCUT2D eigenvalue weighted by Crippen LogP contribution is -2.42. The predicted molar refractivity (Wildman–Crippen MR) is 68.1 cm³/mol. The van der Waals surface area contributed by atoms with Gasteiger partial charge in [-0.05, 0) is 18.4 Å². The van der Waals surface area contributed by atoms with Crippen LogP contribution in [-0.2, 0) is 0 Å². The van der Waals surface area contributed by atoms with Gasteiger partial charge in [0, 0.05) is 20.0 Å². The van der Waals surface area contributed by atoms with E-state index in [9.17, 15) is 4.79 Å². The van der Waals surface area contributed by atoms with E-state index >= 15 is 0 Å². The van der Waals surface area contributed by atoms with E-state index in [-0.39, 0.29) is 17.1 Å². The van der Waals surface area contributed by atoms with Crippen LogP contribution < -0.4 is 5.73 Å². The summed E-state index contributed by atoms with van der Waals surface area (Å²) in [7, 11) is 0. The van der Waals surface area contributed by atoms with Gasteiger partial charge in [0.1, 0.15) is 0 Å². The fourth-order valence-corrected chi connectivity index (χ4v) is 1.63. The van der Waals surface area contributed by atoms with Crippen molar-refractivity contribution in [2.45, 2.75) is 34.1 Å². The zero-order valence-corrected chi connectivity index (χ0v) is 11.6. The van der Waals surface area contributed by atoms with Gasteiger partial charge in [0.25, 0.3) is 11.7 Å². The molecule has 1 aromatic rings. The third-order valence-corrected chi connectivity index (χ3v) is 2.67. The number of nitrogens with zero attached hydrogens (tertiary/aromatic N) is 3. The number of aromatic nitrogens is 2. The van der Waals surface area contributed by atoms with Gasteiger partial charge in [-0.25, -0.2) is 0 Å². The van der Waals surface area contributed by atoms with Crippen LogP contribution in [0.4, 0.5) is 0 Å². The Balaban J connectivity index is 2.81. The van der Waals surface area contributed by atoms with Crippen LogP contribution in [0.3, 0.4) is 0 Å². The molecule has 0 aliphatic heterocycles. The van der Waals surface area contributed by atoms with E-state index in [1.54, 1.807) is 11.8 Å². The number of amides is 1. The Labute approximate surface area is 108 Å². The Hall–Kier alpha value is -1.43. The molecular formula is C12H22N4O2. The van der Waals surface area contributed by atoms with Crippen LogP contribution in [0, 0.1) is 12.3 Å². The molecule has 0 spiro atoms. The molecule has 1 aromatic heterocycles. The molecule has 18 heavy (non-hydrogen) atoms. The molecule has 6 heteroatoms. The first kappa shape index (κ1) is 14.6. The maximum absolute atomic E-state index is 12.2. The Morgan fingerprint density at radius 1 is 1.50 bits per heavy atom. The number of aryl methyl sites for hydroxylation is 1. The third kappa shape index (κ3) is 3.80. The third-order valence-electron chi connectivity index (χ3n) is 2.67. The molecule has 0 saturated heterocycles. The van der Waals surface area contributed by atoms with Crippen molar-refractivity contribution < 1.29 is 9.32 Å². The van der Waals surface area contributed by atoms with Gasteiger partial charge in [-0.1, -0.05) is 25.9 Å². The number of hydrogen-bond donors (Lipinski definition) is 1. The Kier molecular flexibility index (Phi) is 4.84. The maximum Gasteiger partial charge on any atom is 0.295 e. The van der Waals surface area contributed by atoms with Crippen molar-refractivity contribution in [1.29, 1.82) is 0 Å². The quantitative estimate of drug-likeness (QED) is 0.824. The van der Waals surface area contributed by atoms with Crippen molar-refractivity contribution in [2.24, 2.45) is 11.1 Å². The lowest BCUT2D eigenvalue weighted by atomic mass is 9.93. The zero-order chi connectivity index (χ0) is 13.8. The zero-order valence-electron chi connectivity index (χ0n) is 11.6. The van der Waals surface area contributed by atoms with Crippen molar-refractivity contribution >= 4 is 5.91 Å². The summed E-state index contributed by atoms with van der Waals surface area (Å²) in [5, 5.41) is 3.67.